The molecule has 1 N–H and O–H groups in total. The molecule has 1 heterocycles. The van der Waals surface area contributed by atoms with Crippen LogP contribution in [0.25, 0.3) is 0 Å². The lowest BCUT2D eigenvalue weighted by molar-refractivity contribution is -0.0980. The van der Waals surface area contributed by atoms with Crippen LogP contribution in [0.15, 0.2) is 18.2 Å². The summed E-state index contributed by atoms with van der Waals surface area (Å²) in [5.41, 5.74) is 2.02. The number of rotatable bonds is 3. The minimum Gasteiger partial charge on any atom is -0.375 e. The van der Waals surface area contributed by atoms with Crippen LogP contribution < -0.4 is 5.32 Å². The summed E-state index contributed by atoms with van der Waals surface area (Å²) in [7, 11) is 1.95. The monoisotopic (exact) mass is 291 g/mol. The highest BCUT2D eigenvalue weighted by Gasteiger charge is 2.42. The summed E-state index contributed by atoms with van der Waals surface area (Å²) >= 11 is 0. The zero-order valence-electron chi connectivity index (χ0n) is 13.1. The normalized spacial score (nSPS) is 26.1. The predicted octanol–water partition coefficient (Wildman–Crippen LogP) is 4.13. The minimum atomic E-state index is -0.0908. The van der Waals surface area contributed by atoms with E-state index in [1.165, 1.54) is 25.7 Å². The van der Waals surface area contributed by atoms with Crippen molar-refractivity contribution >= 4 is 0 Å². The third-order valence-corrected chi connectivity index (χ3v) is 5.31. The Kier molecular flexibility index (Phi) is 4.32. The van der Waals surface area contributed by atoms with Gasteiger partial charge in [-0.15, -0.1) is 0 Å². The molecule has 0 aromatic heterocycles. The molecule has 2 atom stereocenters. The second-order valence-electron chi connectivity index (χ2n) is 6.78. The SMILES string of the molecule is CNC(c1cc(C)ccc1F)C1CCOC2(CCCC2)C1. The molecular formula is C18H26FNO. The van der Waals surface area contributed by atoms with Gasteiger partial charge in [0.25, 0.3) is 0 Å². The average Bonchev–Trinajstić information content (AvgIpc) is 2.91. The van der Waals surface area contributed by atoms with Crippen LogP contribution in [-0.4, -0.2) is 19.3 Å². The fraction of sp³-hybridized carbons (Fsp3) is 0.667. The smallest absolute Gasteiger partial charge is 0.128 e. The van der Waals surface area contributed by atoms with E-state index in [0.29, 0.717) is 5.92 Å². The lowest BCUT2D eigenvalue weighted by atomic mass is 9.78. The molecule has 1 aliphatic carbocycles. The van der Waals surface area contributed by atoms with Crippen LogP contribution >= 0.6 is 0 Å². The highest BCUT2D eigenvalue weighted by Crippen LogP contribution is 2.45. The molecule has 1 saturated heterocycles. The van der Waals surface area contributed by atoms with Gasteiger partial charge in [0.1, 0.15) is 5.82 Å². The van der Waals surface area contributed by atoms with Crippen molar-refractivity contribution < 1.29 is 9.13 Å². The molecule has 1 aromatic carbocycles. The maximum atomic E-state index is 14.3. The van der Waals surface area contributed by atoms with Gasteiger partial charge in [0.05, 0.1) is 5.60 Å². The lowest BCUT2D eigenvalue weighted by Gasteiger charge is -2.41. The van der Waals surface area contributed by atoms with Gasteiger partial charge in [0.2, 0.25) is 0 Å². The number of benzene rings is 1. The van der Waals surface area contributed by atoms with Crippen molar-refractivity contribution in [1.82, 2.24) is 5.32 Å². The summed E-state index contributed by atoms with van der Waals surface area (Å²) < 4.78 is 20.4. The molecule has 1 aromatic rings. The summed E-state index contributed by atoms with van der Waals surface area (Å²) in [5, 5.41) is 3.37. The topological polar surface area (TPSA) is 21.3 Å². The molecular weight excluding hydrogens is 265 g/mol. The maximum absolute atomic E-state index is 14.3. The van der Waals surface area contributed by atoms with Crippen LogP contribution in [0.5, 0.6) is 0 Å². The van der Waals surface area contributed by atoms with E-state index in [0.717, 1.165) is 30.6 Å². The van der Waals surface area contributed by atoms with Crippen LogP contribution in [0.4, 0.5) is 4.39 Å². The van der Waals surface area contributed by atoms with E-state index in [4.69, 9.17) is 4.74 Å². The molecule has 1 aliphatic heterocycles. The molecule has 21 heavy (non-hydrogen) atoms. The molecule has 3 rings (SSSR count). The van der Waals surface area contributed by atoms with Gasteiger partial charge in [-0.2, -0.15) is 0 Å². The van der Waals surface area contributed by atoms with Crippen molar-refractivity contribution in [1.29, 1.82) is 0 Å². The Balaban J connectivity index is 1.84. The summed E-state index contributed by atoms with van der Waals surface area (Å²) in [5.74, 6) is 0.366. The number of hydrogen-bond acceptors (Lipinski definition) is 2. The molecule has 116 valence electrons. The molecule has 3 heteroatoms. The molecule has 2 aliphatic rings. The molecule has 2 fully saturated rings. The third-order valence-electron chi connectivity index (χ3n) is 5.31. The highest BCUT2D eigenvalue weighted by molar-refractivity contribution is 5.27. The predicted molar refractivity (Wildman–Crippen MR) is 82.8 cm³/mol. The Hall–Kier alpha value is -0.930. The first-order chi connectivity index (χ1) is 10.1. The van der Waals surface area contributed by atoms with Gasteiger partial charge in [-0.05, 0) is 51.6 Å². The summed E-state index contributed by atoms with van der Waals surface area (Å²) in [6.45, 7) is 2.84. The second kappa shape index (κ2) is 6.05. The standard InChI is InChI=1S/C18H26FNO/c1-13-5-6-16(19)15(11-13)17(20-2)14-7-10-21-18(12-14)8-3-4-9-18/h5-6,11,14,17,20H,3-4,7-10,12H2,1-2H3. The zero-order valence-corrected chi connectivity index (χ0v) is 13.1. The summed E-state index contributed by atoms with van der Waals surface area (Å²) in [6, 6.07) is 5.52. The Morgan fingerprint density at radius 3 is 2.81 bits per heavy atom. The van der Waals surface area contributed by atoms with E-state index < -0.39 is 0 Å². The Morgan fingerprint density at radius 1 is 1.33 bits per heavy atom. The summed E-state index contributed by atoms with van der Waals surface area (Å²) in [4.78, 5) is 0. The summed E-state index contributed by atoms with van der Waals surface area (Å²) in [6.07, 6.45) is 6.98. The van der Waals surface area contributed by atoms with Gasteiger partial charge >= 0.3 is 0 Å². The molecule has 0 bridgehead atoms. The van der Waals surface area contributed by atoms with Gasteiger partial charge in [-0.1, -0.05) is 30.5 Å². The Morgan fingerprint density at radius 2 is 2.10 bits per heavy atom. The van der Waals surface area contributed by atoms with E-state index in [1.54, 1.807) is 6.07 Å². The first-order valence-electron chi connectivity index (χ1n) is 8.21. The quantitative estimate of drug-likeness (QED) is 0.904. The second-order valence-corrected chi connectivity index (χ2v) is 6.78. The maximum Gasteiger partial charge on any atom is 0.128 e. The van der Waals surface area contributed by atoms with E-state index >= 15 is 0 Å². The number of hydrogen-bond donors (Lipinski definition) is 1. The molecule has 2 unspecified atom stereocenters. The number of halogens is 1. The van der Waals surface area contributed by atoms with Crippen molar-refractivity contribution in [2.45, 2.75) is 57.1 Å². The van der Waals surface area contributed by atoms with Crippen molar-refractivity contribution in [3.63, 3.8) is 0 Å². The van der Waals surface area contributed by atoms with Gasteiger partial charge < -0.3 is 10.1 Å². The van der Waals surface area contributed by atoms with Crippen molar-refractivity contribution in [3.8, 4) is 0 Å². The molecule has 0 amide bonds. The van der Waals surface area contributed by atoms with E-state index in [1.807, 2.05) is 26.1 Å². The highest BCUT2D eigenvalue weighted by atomic mass is 19.1. The Bertz CT molecular complexity index is 496. The molecule has 2 nitrogen and oxygen atoms in total. The van der Waals surface area contributed by atoms with Gasteiger partial charge in [0, 0.05) is 18.2 Å². The zero-order chi connectivity index (χ0) is 14.9. The fourth-order valence-electron chi connectivity index (χ4n) is 4.26. The lowest BCUT2D eigenvalue weighted by Crippen LogP contribution is -2.41. The van der Waals surface area contributed by atoms with Crippen LogP contribution in [0.1, 0.15) is 55.7 Å². The largest absolute Gasteiger partial charge is 0.375 e. The van der Waals surface area contributed by atoms with Crippen molar-refractivity contribution in [2.75, 3.05) is 13.7 Å². The van der Waals surface area contributed by atoms with Crippen LogP contribution in [-0.2, 0) is 4.74 Å². The minimum absolute atomic E-state index is 0.0817. The average molecular weight is 291 g/mol. The molecule has 1 spiro atoms. The third kappa shape index (κ3) is 3.00. The van der Waals surface area contributed by atoms with Crippen LogP contribution in [0.3, 0.4) is 0 Å². The molecule has 1 saturated carbocycles. The Labute approximate surface area is 127 Å². The first-order valence-corrected chi connectivity index (χ1v) is 8.21. The van der Waals surface area contributed by atoms with E-state index in [9.17, 15) is 4.39 Å². The van der Waals surface area contributed by atoms with E-state index in [2.05, 4.69) is 5.32 Å². The van der Waals surface area contributed by atoms with Gasteiger partial charge in [-0.25, -0.2) is 4.39 Å². The van der Waals surface area contributed by atoms with Gasteiger partial charge in [-0.3, -0.25) is 0 Å². The first kappa shape index (κ1) is 15.0. The van der Waals surface area contributed by atoms with Gasteiger partial charge in [0.15, 0.2) is 0 Å². The fourth-order valence-corrected chi connectivity index (χ4v) is 4.26. The van der Waals surface area contributed by atoms with E-state index in [-0.39, 0.29) is 17.5 Å². The van der Waals surface area contributed by atoms with Crippen LogP contribution in [0.2, 0.25) is 0 Å². The number of aryl methyl sites for hydroxylation is 1. The number of ether oxygens (including phenoxy) is 1. The van der Waals surface area contributed by atoms with Crippen molar-refractivity contribution in [3.05, 3.63) is 35.1 Å². The molecule has 0 radical (unpaired) electrons. The van der Waals surface area contributed by atoms with Crippen LogP contribution in [0, 0.1) is 18.7 Å². The van der Waals surface area contributed by atoms with Crippen molar-refractivity contribution in [2.24, 2.45) is 5.92 Å². The number of nitrogens with one attached hydrogen (secondary N) is 1.